The van der Waals surface area contributed by atoms with Crippen LogP contribution in [0.5, 0.6) is 0 Å². The van der Waals surface area contributed by atoms with Gasteiger partial charge in [-0.1, -0.05) is 12.2 Å². The van der Waals surface area contributed by atoms with Gasteiger partial charge in [0.25, 0.3) is 0 Å². The van der Waals surface area contributed by atoms with Crippen molar-refractivity contribution in [2.75, 3.05) is 26.2 Å². The minimum Gasteiger partial charge on any atom is -0.375 e. The van der Waals surface area contributed by atoms with Crippen LogP contribution in [0.3, 0.4) is 0 Å². The van der Waals surface area contributed by atoms with Crippen molar-refractivity contribution in [3.8, 4) is 0 Å². The van der Waals surface area contributed by atoms with Gasteiger partial charge in [-0.05, 0) is 25.7 Å². The van der Waals surface area contributed by atoms with E-state index in [0.717, 1.165) is 32.2 Å². The van der Waals surface area contributed by atoms with Gasteiger partial charge in [0.2, 0.25) is 0 Å². The van der Waals surface area contributed by atoms with Crippen molar-refractivity contribution in [3.05, 3.63) is 12.2 Å². The van der Waals surface area contributed by atoms with Gasteiger partial charge >= 0.3 is 0 Å². The third kappa shape index (κ3) is 2.55. The van der Waals surface area contributed by atoms with Gasteiger partial charge in [0.1, 0.15) is 0 Å². The maximum atomic E-state index is 5.75. The third-order valence-electron chi connectivity index (χ3n) is 2.92. The predicted octanol–water partition coefficient (Wildman–Crippen LogP) is 1.67. The van der Waals surface area contributed by atoms with E-state index in [9.17, 15) is 0 Å². The van der Waals surface area contributed by atoms with Crippen molar-refractivity contribution in [1.29, 1.82) is 0 Å². The molecule has 0 aromatic heterocycles. The molecular weight excluding hydrogens is 162 g/mol. The summed E-state index contributed by atoms with van der Waals surface area (Å²) in [6.07, 6.45) is 7.68. The summed E-state index contributed by atoms with van der Waals surface area (Å²) in [6.45, 7) is 6.36. The summed E-state index contributed by atoms with van der Waals surface area (Å²) >= 11 is 0. The van der Waals surface area contributed by atoms with Crippen molar-refractivity contribution in [2.45, 2.75) is 25.9 Å². The Morgan fingerprint density at radius 3 is 3.00 bits per heavy atom. The van der Waals surface area contributed by atoms with Gasteiger partial charge in [-0.15, -0.1) is 0 Å². The van der Waals surface area contributed by atoms with E-state index in [4.69, 9.17) is 4.74 Å². The molecule has 0 aromatic carbocycles. The monoisotopic (exact) mass is 181 g/mol. The Bertz CT molecular complexity index is 187. The second-order valence-corrected chi connectivity index (χ2v) is 4.08. The van der Waals surface area contributed by atoms with Crippen LogP contribution < -0.4 is 0 Å². The standard InChI is InChI=1S/C11H19NO/c1-2-3-6-12-7-8-13-11(9-12)10-4-5-10/h2-3,10-11H,4-9H2,1H3/b3-2+. The molecular formula is C11H19NO. The summed E-state index contributed by atoms with van der Waals surface area (Å²) < 4.78 is 5.75. The highest BCUT2D eigenvalue weighted by atomic mass is 16.5. The molecule has 2 heteroatoms. The normalized spacial score (nSPS) is 31.3. The molecule has 1 unspecified atom stereocenters. The van der Waals surface area contributed by atoms with Gasteiger partial charge in [0, 0.05) is 19.6 Å². The molecule has 1 aliphatic heterocycles. The fraction of sp³-hybridized carbons (Fsp3) is 0.818. The van der Waals surface area contributed by atoms with Crippen molar-refractivity contribution < 1.29 is 4.74 Å². The number of ether oxygens (including phenoxy) is 1. The maximum Gasteiger partial charge on any atom is 0.0730 e. The van der Waals surface area contributed by atoms with Crippen molar-refractivity contribution >= 4 is 0 Å². The number of morpholine rings is 1. The second-order valence-electron chi connectivity index (χ2n) is 4.08. The first-order chi connectivity index (χ1) is 6.40. The molecule has 13 heavy (non-hydrogen) atoms. The molecule has 0 amide bonds. The SMILES string of the molecule is C/C=C/CN1CCOC(C2CC2)C1. The van der Waals surface area contributed by atoms with E-state index >= 15 is 0 Å². The van der Waals surface area contributed by atoms with E-state index in [1.807, 2.05) is 0 Å². The summed E-state index contributed by atoms with van der Waals surface area (Å²) in [7, 11) is 0. The van der Waals surface area contributed by atoms with Crippen LogP contribution in [0.4, 0.5) is 0 Å². The zero-order chi connectivity index (χ0) is 9.10. The number of allylic oxidation sites excluding steroid dienone is 1. The zero-order valence-electron chi connectivity index (χ0n) is 8.41. The Kier molecular flexibility index (Phi) is 3.01. The summed E-state index contributed by atoms with van der Waals surface area (Å²) in [6, 6.07) is 0. The van der Waals surface area contributed by atoms with Gasteiger partial charge < -0.3 is 4.74 Å². The van der Waals surface area contributed by atoms with Crippen molar-refractivity contribution in [3.63, 3.8) is 0 Å². The van der Waals surface area contributed by atoms with Crippen LogP contribution in [0.1, 0.15) is 19.8 Å². The minimum absolute atomic E-state index is 0.541. The fourth-order valence-corrected chi connectivity index (χ4v) is 1.91. The van der Waals surface area contributed by atoms with Gasteiger partial charge in [0.15, 0.2) is 0 Å². The number of rotatable bonds is 3. The average molecular weight is 181 g/mol. The number of hydrogen-bond donors (Lipinski definition) is 0. The molecule has 1 saturated heterocycles. The molecule has 2 rings (SSSR count). The largest absolute Gasteiger partial charge is 0.375 e. The van der Waals surface area contributed by atoms with E-state index in [-0.39, 0.29) is 0 Å². The van der Waals surface area contributed by atoms with Crippen LogP contribution >= 0.6 is 0 Å². The molecule has 1 aliphatic carbocycles. The molecule has 0 aromatic rings. The summed E-state index contributed by atoms with van der Waals surface area (Å²) in [5, 5.41) is 0. The molecule has 2 nitrogen and oxygen atoms in total. The van der Waals surface area contributed by atoms with Crippen LogP contribution in [0.15, 0.2) is 12.2 Å². The zero-order valence-corrected chi connectivity index (χ0v) is 8.41. The Balaban J connectivity index is 1.77. The highest BCUT2D eigenvalue weighted by molar-refractivity contribution is 4.89. The van der Waals surface area contributed by atoms with Crippen molar-refractivity contribution in [1.82, 2.24) is 4.90 Å². The Morgan fingerprint density at radius 1 is 1.46 bits per heavy atom. The van der Waals surface area contributed by atoms with Crippen LogP contribution in [-0.4, -0.2) is 37.2 Å². The summed E-state index contributed by atoms with van der Waals surface area (Å²) in [4.78, 5) is 2.49. The molecule has 2 aliphatic rings. The summed E-state index contributed by atoms with van der Waals surface area (Å²) in [5.41, 5.74) is 0. The Morgan fingerprint density at radius 2 is 2.31 bits per heavy atom. The van der Waals surface area contributed by atoms with Crippen LogP contribution in [-0.2, 0) is 4.74 Å². The second kappa shape index (κ2) is 4.25. The fourth-order valence-electron chi connectivity index (χ4n) is 1.91. The van der Waals surface area contributed by atoms with Crippen molar-refractivity contribution in [2.24, 2.45) is 5.92 Å². The molecule has 0 bridgehead atoms. The highest BCUT2D eigenvalue weighted by Gasteiger charge is 2.34. The molecule has 0 N–H and O–H groups in total. The molecule has 1 heterocycles. The van der Waals surface area contributed by atoms with E-state index in [1.54, 1.807) is 0 Å². The van der Waals surface area contributed by atoms with Gasteiger partial charge in [-0.2, -0.15) is 0 Å². The molecule has 1 saturated carbocycles. The van der Waals surface area contributed by atoms with Crippen LogP contribution in [0.25, 0.3) is 0 Å². The first kappa shape index (κ1) is 9.22. The quantitative estimate of drug-likeness (QED) is 0.614. The summed E-state index contributed by atoms with van der Waals surface area (Å²) in [5.74, 6) is 0.883. The highest BCUT2D eigenvalue weighted by Crippen LogP contribution is 2.35. The molecule has 2 fully saturated rings. The molecule has 74 valence electrons. The van der Waals surface area contributed by atoms with Crippen LogP contribution in [0.2, 0.25) is 0 Å². The lowest BCUT2D eigenvalue weighted by molar-refractivity contribution is -0.0354. The molecule has 0 radical (unpaired) electrons. The minimum atomic E-state index is 0.541. The maximum absolute atomic E-state index is 5.75. The Hall–Kier alpha value is -0.340. The van der Waals surface area contributed by atoms with E-state index in [0.29, 0.717) is 6.10 Å². The number of nitrogens with zero attached hydrogens (tertiary/aromatic N) is 1. The van der Waals surface area contributed by atoms with Gasteiger partial charge in [-0.3, -0.25) is 4.90 Å². The smallest absolute Gasteiger partial charge is 0.0730 e. The molecule has 1 atom stereocenters. The lowest BCUT2D eigenvalue weighted by Gasteiger charge is -2.32. The van der Waals surface area contributed by atoms with Crippen LogP contribution in [0, 0.1) is 5.92 Å². The Labute approximate surface area is 80.6 Å². The van der Waals surface area contributed by atoms with E-state index in [2.05, 4.69) is 24.0 Å². The number of hydrogen-bond acceptors (Lipinski definition) is 2. The predicted molar refractivity (Wildman–Crippen MR) is 53.7 cm³/mol. The topological polar surface area (TPSA) is 12.5 Å². The first-order valence-corrected chi connectivity index (χ1v) is 5.35. The van der Waals surface area contributed by atoms with Gasteiger partial charge in [-0.25, -0.2) is 0 Å². The average Bonchev–Trinajstić information content (AvgIpc) is 2.98. The van der Waals surface area contributed by atoms with E-state index in [1.165, 1.54) is 12.8 Å². The third-order valence-corrected chi connectivity index (χ3v) is 2.92. The van der Waals surface area contributed by atoms with Gasteiger partial charge in [0.05, 0.1) is 12.7 Å². The lowest BCUT2D eigenvalue weighted by atomic mass is 10.2. The first-order valence-electron chi connectivity index (χ1n) is 5.35. The lowest BCUT2D eigenvalue weighted by Crippen LogP contribution is -2.43. The van der Waals surface area contributed by atoms with E-state index < -0.39 is 0 Å². The molecule has 0 spiro atoms.